The highest BCUT2D eigenvalue weighted by atomic mass is 16.6. The summed E-state index contributed by atoms with van der Waals surface area (Å²) >= 11 is 0. The summed E-state index contributed by atoms with van der Waals surface area (Å²) in [6.07, 6.45) is 0.984. The van der Waals surface area contributed by atoms with E-state index in [9.17, 15) is 29.1 Å². The quantitative estimate of drug-likeness (QED) is 0.0649. The molecule has 0 fully saturated rings. The average molecular weight is 984 g/mol. The molecule has 0 saturated carbocycles. The molecule has 1 aromatic carbocycles. The maximum Gasteiger partial charge on any atom is 0.345 e. The van der Waals surface area contributed by atoms with E-state index in [0.717, 1.165) is 32.8 Å². The van der Waals surface area contributed by atoms with Crippen LogP contribution in [0.2, 0.25) is 0 Å². The van der Waals surface area contributed by atoms with E-state index in [0.29, 0.717) is 25.8 Å². The monoisotopic (exact) mass is 984 g/mol. The van der Waals surface area contributed by atoms with Crippen LogP contribution in [0.5, 0.6) is 0 Å². The summed E-state index contributed by atoms with van der Waals surface area (Å²) in [6, 6.07) is 11.5. The van der Waals surface area contributed by atoms with E-state index >= 15 is 9.59 Å². The number of ether oxygens (including phenoxy) is 1. The van der Waals surface area contributed by atoms with Gasteiger partial charge in [-0.15, -0.1) is 0 Å². The first-order valence-corrected chi connectivity index (χ1v) is 25.2. The van der Waals surface area contributed by atoms with E-state index in [2.05, 4.69) is 4.57 Å². The molecule has 3 amide bonds. The highest BCUT2D eigenvalue weighted by molar-refractivity contribution is 5.97. The number of pyridine rings is 1. The fourth-order valence-electron chi connectivity index (χ4n) is 9.31. The molecule has 0 saturated heterocycles. The van der Waals surface area contributed by atoms with Crippen LogP contribution in [0.4, 0.5) is 0 Å². The van der Waals surface area contributed by atoms with Gasteiger partial charge in [0.25, 0.3) is 0 Å². The van der Waals surface area contributed by atoms with Gasteiger partial charge < -0.3 is 34.8 Å². The largest absolute Gasteiger partial charge is 0.479 e. The second kappa shape index (κ2) is 27.6. The summed E-state index contributed by atoms with van der Waals surface area (Å²) < 4.78 is 7.30. The van der Waals surface area contributed by atoms with Crippen molar-refractivity contribution in [3.63, 3.8) is 0 Å². The number of likely N-dealkylation sites (N-methyl/N-ethyl adjacent to an activating group) is 3. The third kappa shape index (κ3) is 17.4. The summed E-state index contributed by atoms with van der Waals surface area (Å²) in [5, 5.41) is 19.5. The standard InChI is InChI=1S/C55H81N7O9/c1-33(2)24-39(51(65)59(11)38(10)55(70)71-50(54(68)69)22-17-23-56)29-49(64)47(28-41-31-62(45-21-15-14-20-43(41)45)32-42-19-16-18-37(9)58-42)60(12)52(66)40(25-34(3)4)30-48(63)46(27-36(7)8)61(13)53(67)44(57)26-35(5)6/h14-16,18-21,31,33-36,38-40,44,46-47,50H,17,22,24-30,32,57H2,1-13H3,(H,68,69)/t38-,39+,40+,44-,46-,47-,50+/m0/s1. The first kappa shape index (κ1) is 59.4. The molecule has 7 atom stereocenters. The van der Waals surface area contributed by atoms with Crippen molar-refractivity contribution < 1.29 is 43.4 Å². The lowest BCUT2D eigenvalue weighted by molar-refractivity contribution is -0.169. The third-order valence-corrected chi connectivity index (χ3v) is 13.1. The van der Waals surface area contributed by atoms with E-state index in [-0.39, 0.29) is 73.9 Å². The van der Waals surface area contributed by atoms with Gasteiger partial charge in [-0.25, -0.2) is 9.59 Å². The van der Waals surface area contributed by atoms with Gasteiger partial charge in [0.2, 0.25) is 17.7 Å². The molecule has 71 heavy (non-hydrogen) atoms. The van der Waals surface area contributed by atoms with Crippen LogP contribution < -0.4 is 5.73 Å². The summed E-state index contributed by atoms with van der Waals surface area (Å²) in [5.74, 6) is -6.07. The smallest absolute Gasteiger partial charge is 0.345 e. The topological polar surface area (TPSA) is 226 Å². The Kier molecular flexibility index (Phi) is 23.1. The van der Waals surface area contributed by atoms with Gasteiger partial charge in [0.05, 0.1) is 36.4 Å². The van der Waals surface area contributed by atoms with E-state index in [1.165, 1.54) is 23.8 Å². The van der Waals surface area contributed by atoms with E-state index < -0.39 is 71.6 Å². The predicted octanol–water partition coefficient (Wildman–Crippen LogP) is 7.40. The predicted molar refractivity (Wildman–Crippen MR) is 273 cm³/mol. The molecule has 3 rings (SSSR count). The number of carboxylic acids is 1. The molecular formula is C55H81N7O9. The number of Topliss-reactive ketones (excluding diaryl/α,β-unsaturated/α-hetero) is 2. The summed E-state index contributed by atoms with van der Waals surface area (Å²) in [6.45, 7) is 19.4. The molecule has 2 aromatic heterocycles. The van der Waals surface area contributed by atoms with Crippen LogP contribution in [0.25, 0.3) is 10.9 Å². The number of esters is 1. The minimum atomic E-state index is -1.58. The summed E-state index contributed by atoms with van der Waals surface area (Å²) in [4.78, 5) is 107. The second-order valence-electron chi connectivity index (χ2n) is 21.1. The van der Waals surface area contributed by atoms with Crippen molar-refractivity contribution in [3.05, 3.63) is 65.6 Å². The van der Waals surface area contributed by atoms with Crippen molar-refractivity contribution in [2.75, 3.05) is 21.1 Å². The first-order valence-electron chi connectivity index (χ1n) is 25.2. The van der Waals surface area contributed by atoms with Crippen molar-refractivity contribution in [3.8, 4) is 6.07 Å². The van der Waals surface area contributed by atoms with Gasteiger partial charge in [0, 0.05) is 87.9 Å². The number of rotatable bonds is 29. The number of nitrogens with zero attached hydrogens (tertiary/aromatic N) is 6. The Morgan fingerprint density at radius 2 is 1.25 bits per heavy atom. The van der Waals surface area contributed by atoms with Crippen LogP contribution in [0.1, 0.15) is 131 Å². The maximum absolute atomic E-state index is 15.2. The van der Waals surface area contributed by atoms with Gasteiger partial charge in [-0.2, -0.15) is 5.26 Å². The van der Waals surface area contributed by atoms with Crippen LogP contribution in [0.15, 0.2) is 48.7 Å². The lowest BCUT2D eigenvalue weighted by atomic mass is 9.85. The highest BCUT2D eigenvalue weighted by Gasteiger charge is 2.39. The van der Waals surface area contributed by atoms with Crippen LogP contribution in [0, 0.1) is 53.8 Å². The van der Waals surface area contributed by atoms with E-state index in [1.54, 1.807) is 14.1 Å². The van der Waals surface area contributed by atoms with Crippen LogP contribution >= 0.6 is 0 Å². The Labute approximate surface area is 421 Å². The Bertz CT molecular complexity index is 2350. The fraction of sp³-hybridized carbons (Fsp3) is 0.618. The van der Waals surface area contributed by atoms with Crippen LogP contribution in [-0.2, 0) is 51.3 Å². The molecule has 0 aliphatic rings. The van der Waals surface area contributed by atoms with Crippen molar-refractivity contribution in [2.45, 2.75) is 164 Å². The molecule has 3 aromatic rings. The summed E-state index contributed by atoms with van der Waals surface area (Å²) in [7, 11) is 4.56. The molecule has 0 spiro atoms. The number of hydrogen-bond donors (Lipinski definition) is 2. The van der Waals surface area contributed by atoms with Crippen molar-refractivity contribution in [1.82, 2.24) is 24.3 Å². The van der Waals surface area contributed by atoms with Gasteiger partial charge in [-0.05, 0) is 87.0 Å². The van der Waals surface area contributed by atoms with Gasteiger partial charge >= 0.3 is 11.9 Å². The Morgan fingerprint density at radius 3 is 1.79 bits per heavy atom. The SMILES string of the molecule is Cc1cccc(Cn2cc(C[C@@H](C(=O)C[C@@H](CC(C)C)C(=O)N(C)[C@@H](C)C(=O)O[C@H](CCC#N)C(=O)O)N(C)C(=O)[C@@H](CC(=O)[C@H](CC(C)C)N(C)C(=O)[C@@H](N)CC(C)C)CC(C)C)c3ccccc32)n1. The van der Waals surface area contributed by atoms with Crippen LogP contribution in [0.3, 0.4) is 0 Å². The van der Waals surface area contributed by atoms with E-state index in [1.807, 2.05) is 117 Å². The highest BCUT2D eigenvalue weighted by Crippen LogP contribution is 2.30. The number of fused-ring (bicyclic) bond motifs is 1. The molecule has 16 heteroatoms. The number of ketones is 2. The molecule has 0 radical (unpaired) electrons. The number of aromatic nitrogens is 2. The van der Waals surface area contributed by atoms with Gasteiger partial charge in [-0.3, -0.25) is 29.0 Å². The number of aliphatic carboxylic acids is 1. The van der Waals surface area contributed by atoms with Crippen molar-refractivity contribution >= 4 is 52.1 Å². The molecule has 3 N–H and O–H groups in total. The minimum Gasteiger partial charge on any atom is -0.479 e. The molecule has 390 valence electrons. The van der Waals surface area contributed by atoms with Gasteiger partial charge in [-0.1, -0.05) is 79.7 Å². The zero-order valence-electron chi connectivity index (χ0n) is 44.5. The lowest BCUT2D eigenvalue weighted by Crippen LogP contribution is -2.51. The normalized spacial score (nSPS) is 14.6. The lowest BCUT2D eigenvalue weighted by Gasteiger charge is -2.34. The Hall–Kier alpha value is -5.95. The number of carboxylic acid groups (broad SMARTS) is 1. The van der Waals surface area contributed by atoms with Gasteiger partial charge in [0.15, 0.2) is 17.7 Å². The summed E-state index contributed by atoms with van der Waals surface area (Å²) in [5.41, 5.74) is 9.72. The minimum absolute atomic E-state index is 0.0238. The molecule has 2 heterocycles. The first-order chi connectivity index (χ1) is 33.3. The number of benzene rings is 1. The third-order valence-electron chi connectivity index (χ3n) is 13.1. The molecule has 0 bridgehead atoms. The molecule has 0 unspecified atom stereocenters. The average Bonchev–Trinajstić information content (AvgIpc) is 3.64. The number of carbonyl (C=O) groups is 7. The number of amides is 3. The van der Waals surface area contributed by atoms with Crippen LogP contribution in [-0.4, -0.2) is 122 Å². The van der Waals surface area contributed by atoms with Gasteiger partial charge in [0.1, 0.15) is 6.04 Å². The fourth-order valence-corrected chi connectivity index (χ4v) is 9.31. The number of nitrogens with two attached hydrogens (primary N) is 1. The molecule has 0 aliphatic heterocycles. The Morgan fingerprint density at radius 1 is 0.718 bits per heavy atom. The number of para-hydroxylation sites is 1. The van der Waals surface area contributed by atoms with E-state index in [4.69, 9.17) is 20.7 Å². The molecule has 16 nitrogen and oxygen atoms in total. The Balaban J connectivity index is 2.13. The molecule has 0 aliphatic carbocycles. The maximum atomic E-state index is 15.2. The zero-order chi connectivity index (χ0) is 53.4. The number of carbonyl (C=O) groups excluding carboxylic acids is 6. The second-order valence-corrected chi connectivity index (χ2v) is 21.1. The molecular weight excluding hydrogens is 903 g/mol. The number of aryl methyl sites for hydroxylation is 1. The van der Waals surface area contributed by atoms with Crippen molar-refractivity contribution in [1.29, 1.82) is 5.26 Å². The number of hydrogen-bond acceptors (Lipinski definition) is 11. The zero-order valence-corrected chi connectivity index (χ0v) is 44.5. The number of nitriles is 1. The van der Waals surface area contributed by atoms with Crippen molar-refractivity contribution in [2.24, 2.45) is 41.2 Å².